The normalized spacial score (nSPS) is 10.9. The van der Waals surface area contributed by atoms with Crippen LogP contribution in [0.2, 0.25) is 0 Å². The van der Waals surface area contributed by atoms with E-state index in [9.17, 15) is 9.18 Å². The lowest BCUT2D eigenvalue weighted by molar-refractivity contribution is 0.0965. The Morgan fingerprint density at radius 3 is 3.00 bits per heavy atom. The summed E-state index contributed by atoms with van der Waals surface area (Å²) in [6.45, 7) is 0. The van der Waals surface area contributed by atoms with Crippen LogP contribution in [0.4, 0.5) is 4.39 Å². The summed E-state index contributed by atoms with van der Waals surface area (Å²) in [5, 5.41) is 0.632. The van der Waals surface area contributed by atoms with Gasteiger partial charge in [0.25, 0.3) is 0 Å². The van der Waals surface area contributed by atoms with Gasteiger partial charge in [0.2, 0.25) is 0 Å². The molecular weight excluding hydrogens is 227 g/mol. The van der Waals surface area contributed by atoms with Gasteiger partial charge in [-0.1, -0.05) is 0 Å². The third-order valence-electron chi connectivity index (χ3n) is 2.29. The molecule has 0 aliphatic rings. The SMILES string of the molecule is CSCCC(=O)c1cc2cc(F)ccc2o1. The van der Waals surface area contributed by atoms with Gasteiger partial charge in [-0.05, 0) is 30.5 Å². The van der Waals surface area contributed by atoms with E-state index in [0.717, 1.165) is 5.75 Å². The molecule has 0 fully saturated rings. The van der Waals surface area contributed by atoms with E-state index in [2.05, 4.69) is 0 Å². The van der Waals surface area contributed by atoms with E-state index in [0.29, 0.717) is 23.2 Å². The van der Waals surface area contributed by atoms with Crippen molar-refractivity contribution in [3.05, 3.63) is 35.8 Å². The van der Waals surface area contributed by atoms with Crippen LogP contribution >= 0.6 is 11.8 Å². The minimum absolute atomic E-state index is 0.0361. The second-order valence-corrected chi connectivity index (χ2v) is 4.44. The van der Waals surface area contributed by atoms with Gasteiger partial charge in [-0.15, -0.1) is 0 Å². The Labute approximate surface area is 96.8 Å². The van der Waals surface area contributed by atoms with Crippen molar-refractivity contribution in [3.8, 4) is 0 Å². The Hall–Kier alpha value is -1.29. The molecule has 0 aliphatic carbocycles. The van der Waals surface area contributed by atoms with Gasteiger partial charge in [0.05, 0.1) is 0 Å². The van der Waals surface area contributed by atoms with Crippen LogP contribution in [0, 0.1) is 5.82 Å². The Balaban J connectivity index is 2.28. The molecule has 1 aromatic carbocycles. The molecule has 0 radical (unpaired) electrons. The van der Waals surface area contributed by atoms with Crippen molar-refractivity contribution < 1.29 is 13.6 Å². The molecule has 16 heavy (non-hydrogen) atoms. The van der Waals surface area contributed by atoms with Gasteiger partial charge in [0.15, 0.2) is 11.5 Å². The summed E-state index contributed by atoms with van der Waals surface area (Å²) in [7, 11) is 0. The van der Waals surface area contributed by atoms with Gasteiger partial charge in [-0.3, -0.25) is 4.79 Å². The molecule has 2 aromatic rings. The van der Waals surface area contributed by atoms with E-state index in [1.807, 2.05) is 6.26 Å². The summed E-state index contributed by atoms with van der Waals surface area (Å²) >= 11 is 1.61. The monoisotopic (exact) mass is 238 g/mol. The topological polar surface area (TPSA) is 30.2 Å². The smallest absolute Gasteiger partial charge is 0.198 e. The number of rotatable bonds is 4. The molecule has 2 nitrogen and oxygen atoms in total. The third kappa shape index (κ3) is 2.27. The average molecular weight is 238 g/mol. The number of carbonyl (C=O) groups is 1. The Bertz CT molecular complexity index is 519. The lowest BCUT2D eigenvalue weighted by Crippen LogP contribution is -1.97. The van der Waals surface area contributed by atoms with Crippen molar-refractivity contribution in [1.82, 2.24) is 0 Å². The summed E-state index contributed by atoms with van der Waals surface area (Å²) in [5.74, 6) is 0.724. The first-order valence-electron chi connectivity index (χ1n) is 4.92. The van der Waals surface area contributed by atoms with Crippen molar-refractivity contribution in [3.63, 3.8) is 0 Å². The third-order valence-corrected chi connectivity index (χ3v) is 2.90. The first-order chi connectivity index (χ1) is 7.70. The summed E-state index contributed by atoms with van der Waals surface area (Å²) in [6.07, 6.45) is 2.39. The predicted octanol–water partition coefficient (Wildman–Crippen LogP) is 3.51. The maximum absolute atomic E-state index is 12.9. The highest BCUT2D eigenvalue weighted by atomic mass is 32.2. The quantitative estimate of drug-likeness (QED) is 0.763. The van der Waals surface area contributed by atoms with Crippen molar-refractivity contribution in [1.29, 1.82) is 0 Å². The number of hydrogen-bond donors (Lipinski definition) is 0. The number of ketones is 1. The average Bonchev–Trinajstić information content (AvgIpc) is 2.68. The van der Waals surface area contributed by atoms with Crippen LogP contribution < -0.4 is 0 Å². The van der Waals surface area contributed by atoms with E-state index >= 15 is 0 Å². The predicted molar refractivity (Wildman–Crippen MR) is 63.5 cm³/mol. The van der Waals surface area contributed by atoms with Crippen LogP contribution in [0.5, 0.6) is 0 Å². The zero-order valence-corrected chi connectivity index (χ0v) is 9.64. The first kappa shape index (κ1) is 11.2. The van der Waals surface area contributed by atoms with Gasteiger partial charge in [0.1, 0.15) is 11.4 Å². The molecule has 0 atom stereocenters. The zero-order valence-electron chi connectivity index (χ0n) is 8.83. The molecule has 84 valence electrons. The number of carbonyl (C=O) groups excluding carboxylic acids is 1. The Morgan fingerprint density at radius 2 is 2.25 bits per heavy atom. The maximum Gasteiger partial charge on any atom is 0.198 e. The summed E-state index contributed by atoms with van der Waals surface area (Å²) in [6, 6.07) is 5.82. The molecule has 1 aromatic heterocycles. The van der Waals surface area contributed by atoms with Crippen molar-refractivity contribution >= 4 is 28.5 Å². The van der Waals surface area contributed by atoms with Crippen LogP contribution in [0.1, 0.15) is 17.0 Å². The molecule has 2 rings (SSSR count). The van der Waals surface area contributed by atoms with Crippen LogP contribution in [-0.2, 0) is 0 Å². The minimum atomic E-state index is -0.323. The molecule has 0 bridgehead atoms. The largest absolute Gasteiger partial charge is 0.453 e. The van der Waals surface area contributed by atoms with Gasteiger partial charge < -0.3 is 4.42 Å². The highest BCUT2D eigenvalue weighted by Crippen LogP contribution is 2.21. The fourth-order valence-electron chi connectivity index (χ4n) is 1.47. The molecule has 0 amide bonds. The van der Waals surface area contributed by atoms with Crippen molar-refractivity contribution in [2.75, 3.05) is 12.0 Å². The van der Waals surface area contributed by atoms with E-state index in [-0.39, 0.29) is 11.6 Å². The molecule has 0 saturated carbocycles. The number of furan rings is 1. The van der Waals surface area contributed by atoms with Crippen LogP contribution in [0.25, 0.3) is 11.0 Å². The molecule has 0 unspecified atom stereocenters. The number of Topliss-reactive ketones (excluding diaryl/α,β-unsaturated/α-hetero) is 1. The van der Waals surface area contributed by atoms with Gasteiger partial charge in [-0.2, -0.15) is 11.8 Å². The number of benzene rings is 1. The minimum Gasteiger partial charge on any atom is -0.453 e. The van der Waals surface area contributed by atoms with Crippen molar-refractivity contribution in [2.45, 2.75) is 6.42 Å². The standard InChI is InChI=1S/C12H11FO2S/c1-16-5-4-10(14)12-7-8-6-9(13)2-3-11(8)15-12/h2-3,6-7H,4-5H2,1H3. The highest BCUT2D eigenvalue weighted by Gasteiger charge is 2.11. The lowest BCUT2D eigenvalue weighted by atomic mass is 10.2. The Morgan fingerprint density at radius 1 is 1.44 bits per heavy atom. The van der Waals surface area contributed by atoms with Crippen LogP contribution in [-0.4, -0.2) is 17.8 Å². The first-order valence-corrected chi connectivity index (χ1v) is 6.31. The fourth-order valence-corrected chi connectivity index (χ4v) is 1.86. The lowest BCUT2D eigenvalue weighted by Gasteiger charge is -1.93. The fraction of sp³-hybridized carbons (Fsp3) is 0.250. The molecular formula is C12H11FO2S. The molecule has 0 aliphatic heterocycles. The highest BCUT2D eigenvalue weighted by molar-refractivity contribution is 7.98. The van der Waals surface area contributed by atoms with E-state index in [4.69, 9.17) is 4.42 Å². The van der Waals surface area contributed by atoms with Crippen LogP contribution in [0.15, 0.2) is 28.7 Å². The zero-order chi connectivity index (χ0) is 11.5. The number of fused-ring (bicyclic) bond motifs is 1. The number of thioether (sulfide) groups is 1. The van der Waals surface area contributed by atoms with E-state index in [1.54, 1.807) is 17.8 Å². The van der Waals surface area contributed by atoms with E-state index in [1.165, 1.54) is 18.2 Å². The molecule has 0 saturated heterocycles. The van der Waals surface area contributed by atoms with Gasteiger partial charge in [0, 0.05) is 17.6 Å². The number of halogens is 1. The summed E-state index contributed by atoms with van der Waals surface area (Å²) in [5.41, 5.74) is 0.550. The summed E-state index contributed by atoms with van der Waals surface area (Å²) in [4.78, 5) is 11.7. The molecule has 0 N–H and O–H groups in total. The van der Waals surface area contributed by atoms with Gasteiger partial charge >= 0.3 is 0 Å². The molecule has 1 heterocycles. The Kier molecular flexibility index (Phi) is 3.29. The van der Waals surface area contributed by atoms with E-state index < -0.39 is 0 Å². The van der Waals surface area contributed by atoms with Gasteiger partial charge in [-0.25, -0.2) is 4.39 Å². The second kappa shape index (κ2) is 4.70. The second-order valence-electron chi connectivity index (χ2n) is 3.46. The van der Waals surface area contributed by atoms with Crippen LogP contribution in [0.3, 0.4) is 0 Å². The molecule has 4 heteroatoms. The maximum atomic E-state index is 12.9. The molecule has 0 spiro atoms. The summed E-state index contributed by atoms with van der Waals surface area (Å²) < 4.78 is 18.3. The number of hydrogen-bond acceptors (Lipinski definition) is 3. The van der Waals surface area contributed by atoms with Crippen molar-refractivity contribution in [2.24, 2.45) is 0 Å².